The summed E-state index contributed by atoms with van der Waals surface area (Å²) in [7, 11) is 0. The molecule has 0 saturated heterocycles. The fourth-order valence-corrected chi connectivity index (χ4v) is 0.474. The average molecular weight is 167 g/mol. The first kappa shape index (κ1) is 13.4. The Labute approximate surface area is 74.5 Å². The third-order valence-corrected chi connectivity index (χ3v) is 0.893. The number of rotatable bonds is 4. The first-order valence-electron chi connectivity index (χ1n) is 3.99. The number of carbonyl (C=O) groups excluding carboxylic acids is 1. The van der Waals surface area contributed by atoms with Crippen LogP contribution in [0.5, 0.6) is 0 Å². The molecule has 68 valence electrons. The lowest BCUT2D eigenvalue weighted by Crippen LogP contribution is -1.92. The number of carbonyl (C=O) groups is 1. The highest BCUT2D eigenvalue weighted by atomic mass is 16.1. The Morgan fingerprint density at radius 3 is 2.42 bits per heavy atom. The lowest BCUT2D eigenvalue weighted by molar-refractivity contribution is -0.104. The van der Waals surface area contributed by atoms with Crippen molar-refractivity contribution in [3.8, 4) is 0 Å². The van der Waals surface area contributed by atoms with Gasteiger partial charge in [0.1, 0.15) is 6.29 Å². The topological polar surface area (TPSA) is 43.1 Å². The normalized spacial score (nSPS) is 10.4. The van der Waals surface area contributed by atoms with Crippen LogP contribution >= 0.6 is 0 Å². The van der Waals surface area contributed by atoms with Gasteiger partial charge in [-0.1, -0.05) is 44.7 Å². The molecule has 0 spiro atoms. The summed E-state index contributed by atoms with van der Waals surface area (Å²) in [6.07, 6.45) is 7.32. The molecule has 0 unspecified atom stereocenters. The van der Waals surface area contributed by atoms with Gasteiger partial charge in [0, 0.05) is 12.1 Å². The minimum atomic E-state index is 0.447. The van der Waals surface area contributed by atoms with Crippen molar-refractivity contribution in [3.63, 3.8) is 0 Å². The van der Waals surface area contributed by atoms with E-state index in [-0.39, 0.29) is 0 Å². The molecule has 2 N–H and O–H groups in total. The molecule has 0 atom stereocenters. The minimum Gasteiger partial charge on any atom is -0.327 e. The van der Waals surface area contributed by atoms with Crippen molar-refractivity contribution in [2.24, 2.45) is 5.73 Å². The fraction of sp³-hybridized carbons (Fsp3) is 0.300. The SMILES string of the molecule is C=C/C=C(C=O)\C=C/CN.CC. The lowest BCUT2D eigenvalue weighted by Gasteiger charge is -1.84. The zero-order chi connectivity index (χ0) is 9.82. The van der Waals surface area contributed by atoms with E-state index in [4.69, 9.17) is 5.73 Å². The van der Waals surface area contributed by atoms with Crippen LogP contribution in [-0.2, 0) is 4.79 Å². The number of hydrogen-bond donors (Lipinski definition) is 1. The number of nitrogens with two attached hydrogens (primary N) is 1. The molecule has 0 aliphatic rings. The molecule has 2 nitrogen and oxygen atoms in total. The van der Waals surface area contributed by atoms with E-state index in [1.165, 1.54) is 0 Å². The maximum atomic E-state index is 10.2. The molecule has 0 amide bonds. The fourth-order valence-electron chi connectivity index (χ4n) is 0.474. The molecule has 0 radical (unpaired) electrons. The van der Waals surface area contributed by atoms with Crippen LogP contribution in [-0.4, -0.2) is 12.8 Å². The first-order chi connectivity index (χ1) is 5.85. The largest absolute Gasteiger partial charge is 0.327 e. The average Bonchev–Trinajstić information content (AvgIpc) is 2.15. The van der Waals surface area contributed by atoms with E-state index in [0.29, 0.717) is 12.1 Å². The van der Waals surface area contributed by atoms with Crippen LogP contribution in [0, 0.1) is 0 Å². The Bertz CT molecular complexity index is 169. The Kier molecular flexibility index (Phi) is 14.0. The molecule has 0 aliphatic heterocycles. The van der Waals surface area contributed by atoms with E-state index in [2.05, 4.69) is 6.58 Å². The lowest BCUT2D eigenvalue weighted by atomic mass is 10.2. The zero-order valence-corrected chi connectivity index (χ0v) is 7.79. The molecule has 0 aromatic heterocycles. The van der Waals surface area contributed by atoms with Gasteiger partial charge in [0.2, 0.25) is 0 Å². The summed E-state index contributed by atoms with van der Waals surface area (Å²) in [4.78, 5) is 10.2. The molecule has 12 heavy (non-hydrogen) atoms. The molecule has 0 heterocycles. The molecule has 0 aliphatic carbocycles. The summed E-state index contributed by atoms with van der Waals surface area (Å²) in [5.74, 6) is 0. The molecule has 0 saturated carbocycles. The molecule has 2 heteroatoms. The predicted octanol–water partition coefficient (Wildman–Crippen LogP) is 1.84. The highest BCUT2D eigenvalue weighted by Gasteiger charge is 1.82. The maximum Gasteiger partial charge on any atom is 0.150 e. The third kappa shape index (κ3) is 8.85. The Balaban J connectivity index is 0. The van der Waals surface area contributed by atoms with Crippen LogP contribution in [0.4, 0.5) is 0 Å². The van der Waals surface area contributed by atoms with E-state index in [9.17, 15) is 4.79 Å². The molecule has 0 bridgehead atoms. The highest BCUT2D eigenvalue weighted by molar-refractivity contribution is 5.77. The smallest absolute Gasteiger partial charge is 0.150 e. The van der Waals surface area contributed by atoms with Crippen molar-refractivity contribution >= 4 is 6.29 Å². The quantitative estimate of drug-likeness (QED) is 0.394. The second-order valence-electron chi connectivity index (χ2n) is 1.66. The Morgan fingerprint density at radius 1 is 1.50 bits per heavy atom. The Hall–Kier alpha value is -1.15. The van der Waals surface area contributed by atoms with Gasteiger partial charge in [-0.05, 0) is 0 Å². The van der Waals surface area contributed by atoms with Crippen LogP contribution in [0.2, 0.25) is 0 Å². The third-order valence-electron chi connectivity index (χ3n) is 0.893. The van der Waals surface area contributed by atoms with Crippen molar-refractivity contribution in [1.82, 2.24) is 0 Å². The van der Waals surface area contributed by atoms with Crippen molar-refractivity contribution in [3.05, 3.63) is 36.5 Å². The molecule has 0 rings (SSSR count). The van der Waals surface area contributed by atoms with Gasteiger partial charge in [-0.3, -0.25) is 4.79 Å². The van der Waals surface area contributed by atoms with Crippen molar-refractivity contribution in [2.45, 2.75) is 13.8 Å². The molecule has 0 fully saturated rings. The monoisotopic (exact) mass is 167 g/mol. The first-order valence-corrected chi connectivity index (χ1v) is 3.99. The summed E-state index contributed by atoms with van der Waals surface area (Å²) in [5, 5.41) is 0. The maximum absolute atomic E-state index is 10.2. The highest BCUT2D eigenvalue weighted by Crippen LogP contribution is 1.90. The van der Waals surface area contributed by atoms with Gasteiger partial charge in [-0.15, -0.1) is 0 Å². The van der Waals surface area contributed by atoms with E-state index in [1.54, 1.807) is 24.3 Å². The van der Waals surface area contributed by atoms with E-state index in [1.807, 2.05) is 13.8 Å². The van der Waals surface area contributed by atoms with Crippen molar-refractivity contribution in [1.29, 1.82) is 0 Å². The summed E-state index contributed by atoms with van der Waals surface area (Å²) >= 11 is 0. The van der Waals surface area contributed by atoms with E-state index < -0.39 is 0 Å². The standard InChI is InChI=1S/C8H11NO.C2H6/c1-2-4-8(7-10)5-3-6-9;1-2/h2-5,7H,1,6,9H2;1-2H3/b5-3-,8-4+;. The van der Waals surface area contributed by atoms with E-state index in [0.717, 1.165) is 6.29 Å². The van der Waals surface area contributed by atoms with Crippen LogP contribution < -0.4 is 5.73 Å². The van der Waals surface area contributed by atoms with E-state index >= 15 is 0 Å². The van der Waals surface area contributed by atoms with Crippen molar-refractivity contribution < 1.29 is 4.79 Å². The molecular weight excluding hydrogens is 150 g/mol. The van der Waals surface area contributed by atoms with Gasteiger partial charge < -0.3 is 5.73 Å². The molecular formula is C10H17NO. The second-order valence-corrected chi connectivity index (χ2v) is 1.66. The van der Waals surface area contributed by atoms with Gasteiger partial charge in [0.15, 0.2) is 0 Å². The summed E-state index contributed by atoms with van der Waals surface area (Å²) in [5.41, 5.74) is 5.76. The van der Waals surface area contributed by atoms with Crippen LogP contribution in [0.15, 0.2) is 36.5 Å². The zero-order valence-electron chi connectivity index (χ0n) is 7.79. The van der Waals surface area contributed by atoms with Gasteiger partial charge in [-0.25, -0.2) is 0 Å². The van der Waals surface area contributed by atoms with Crippen molar-refractivity contribution in [2.75, 3.05) is 6.54 Å². The summed E-state index contributed by atoms with van der Waals surface area (Å²) < 4.78 is 0. The van der Waals surface area contributed by atoms with Crippen LogP contribution in [0.25, 0.3) is 0 Å². The summed E-state index contributed by atoms with van der Waals surface area (Å²) in [6.45, 7) is 7.90. The molecule has 0 aromatic carbocycles. The number of aldehydes is 1. The molecule has 0 aromatic rings. The van der Waals surface area contributed by atoms with Crippen LogP contribution in [0.1, 0.15) is 13.8 Å². The van der Waals surface area contributed by atoms with Gasteiger partial charge in [-0.2, -0.15) is 0 Å². The van der Waals surface area contributed by atoms with Crippen LogP contribution in [0.3, 0.4) is 0 Å². The number of allylic oxidation sites excluding steroid dienone is 4. The van der Waals surface area contributed by atoms with Gasteiger partial charge in [0.05, 0.1) is 0 Å². The number of hydrogen-bond acceptors (Lipinski definition) is 2. The predicted molar refractivity (Wildman–Crippen MR) is 53.9 cm³/mol. The Morgan fingerprint density at radius 2 is 2.08 bits per heavy atom. The minimum absolute atomic E-state index is 0.447. The van der Waals surface area contributed by atoms with Gasteiger partial charge in [0.25, 0.3) is 0 Å². The summed E-state index contributed by atoms with van der Waals surface area (Å²) in [6, 6.07) is 0. The van der Waals surface area contributed by atoms with Gasteiger partial charge >= 0.3 is 0 Å². The second kappa shape index (κ2) is 12.5.